The van der Waals surface area contributed by atoms with Gasteiger partial charge in [0.25, 0.3) is 0 Å². The Bertz CT molecular complexity index is 622. The molecule has 0 amide bonds. The molecule has 0 atom stereocenters. The van der Waals surface area contributed by atoms with Gasteiger partial charge in [0.1, 0.15) is 11.8 Å². The lowest BCUT2D eigenvalue weighted by molar-refractivity contribution is 0.590. The van der Waals surface area contributed by atoms with Crippen LogP contribution < -0.4 is 0 Å². The van der Waals surface area contributed by atoms with E-state index in [0.29, 0.717) is 5.69 Å². The Kier molecular flexibility index (Phi) is 3.94. The summed E-state index contributed by atoms with van der Waals surface area (Å²) >= 11 is 0. The molecule has 104 valence electrons. The van der Waals surface area contributed by atoms with Gasteiger partial charge in [-0.25, -0.2) is 4.98 Å². The minimum absolute atomic E-state index is 0.188. The molecule has 1 aromatic heterocycles. The van der Waals surface area contributed by atoms with Gasteiger partial charge in [0.2, 0.25) is 0 Å². The van der Waals surface area contributed by atoms with Crippen LogP contribution in [-0.2, 0) is 25.3 Å². The fraction of sp³-hybridized carbons (Fsp3) is 0.412. The Balaban J connectivity index is 2.06. The second-order valence-electron chi connectivity index (χ2n) is 6.21. The molecule has 0 bridgehead atoms. The third kappa shape index (κ3) is 3.08. The molecule has 0 aliphatic rings. The van der Waals surface area contributed by atoms with Crippen LogP contribution in [0.4, 0.5) is 0 Å². The molecule has 0 fully saturated rings. The minimum Gasteiger partial charge on any atom is -0.325 e. The molecule has 0 saturated heterocycles. The smallest absolute Gasteiger partial charge is 0.142 e. The first-order chi connectivity index (χ1) is 9.41. The maximum atomic E-state index is 9.10. The molecule has 0 saturated carbocycles. The SMILES string of the molecule is Cn1cnc(CCc2ccc(C(C)(C)C)cc2)c1C#N. The summed E-state index contributed by atoms with van der Waals surface area (Å²) in [5.41, 5.74) is 4.36. The second kappa shape index (κ2) is 5.50. The molecule has 0 unspecified atom stereocenters. The lowest BCUT2D eigenvalue weighted by atomic mass is 9.86. The van der Waals surface area contributed by atoms with Crippen LogP contribution in [0, 0.1) is 11.3 Å². The van der Waals surface area contributed by atoms with E-state index in [4.69, 9.17) is 5.26 Å². The zero-order chi connectivity index (χ0) is 14.8. The van der Waals surface area contributed by atoms with Crippen molar-refractivity contribution >= 4 is 0 Å². The molecule has 20 heavy (non-hydrogen) atoms. The second-order valence-corrected chi connectivity index (χ2v) is 6.21. The highest BCUT2D eigenvalue weighted by Crippen LogP contribution is 2.22. The van der Waals surface area contributed by atoms with E-state index in [0.717, 1.165) is 18.5 Å². The van der Waals surface area contributed by atoms with E-state index in [1.807, 2.05) is 7.05 Å². The minimum atomic E-state index is 0.188. The van der Waals surface area contributed by atoms with Crippen molar-refractivity contribution in [2.24, 2.45) is 7.05 Å². The standard InChI is InChI=1S/C17H21N3/c1-17(2,3)14-8-5-13(6-9-14)7-10-15-16(11-18)20(4)12-19-15/h5-6,8-9,12H,7,10H2,1-4H3. The summed E-state index contributed by atoms with van der Waals surface area (Å²) in [6.07, 6.45) is 3.42. The molecule has 0 aliphatic heterocycles. The van der Waals surface area contributed by atoms with Crippen molar-refractivity contribution in [2.75, 3.05) is 0 Å². The number of benzene rings is 1. The summed E-state index contributed by atoms with van der Waals surface area (Å²) in [4.78, 5) is 4.30. The fourth-order valence-corrected chi connectivity index (χ4v) is 2.24. The largest absolute Gasteiger partial charge is 0.325 e. The topological polar surface area (TPSA) is 41.6 Å². The number of aromatic nitrogens is 2. The summed E-state index contributed by atoms with van der Waals surface area (Å²) in [5, 5.41) is 9.10. The van der Waals surface area contributed by atoms with Crippen molar-refractivity contribution in [3.8, 4) is 6.07 Å². The van der Waals surface area contributed by atoms with Crippen LogP contribution in [0.1, 0.15) is 43.3 Å². The number of aryl methyl sites for hydroxylation is 3. The quantitative estimate of drug-likeness (QED) is 0.855. The molecule has 1 aromatic carbocycles. The zero-order valence-corrected chi connectivity index (χ0v) is 12.6. The average molecular weight is 267 g/mol. The lowest BCUT2D eigenvalue weighted by Gasteiger charge is -2.19. The highest BCUT2D eigenvalue weighted by atomic mass is 15.0. The van der Waals surface area contributed by atoms with Crippen molar-refractivity contribution in [1.82, 2.24) is 9.55 Å². The van der Waals surface area contributed by atoms with Crippen LogP contribution in [0.15, 0.2) is 30.6 Å². The maximum absolute atomic E-state index is 9.10. The van der Waals surface area contributed by atoms with E-state index >= 15 is 0 Å². The number of rotatable bonds is 3. The van der Waals surface area contributed by atoms with Gasteiger partial charge >= 0.3 is 0 Å². The first-order valence-electron chi connectivity index (χ1n) is 6.91. The van der Waals surface area contributed by atoms with Gasteiger partial charge in [0.15, 0.2) is 0 Å². The molecule has 3 heteroatoms. The molecular formula is C17H21N3. The Labute approximate surface area is 120 Å². The van der Waals surface area contributed by atoms with E-state index < -0.39 is 0 Å². The van der Waals surface area contributed by atoms with Gasteiger partial charge in [0, 0.05) is 7.05 Å². The van der Waals surface area contributed by atoms with Crippen molar-refractivity contribution in [3.63, 3.8) is 0 Å². The Morgan fingerprint density at radius 2 is 1.80 bits per heavy atom. The Hall–Kier alpha value is -2.08. The average Bonchev–Trinajstić information content (AvgIpc) is 2.76. The summed E-state index contributed by atoms with van der Waals surface area (Å²) in [6, 6.07) is 10.9. The third-order valence-corrected chi connectivity index (χ3v) is 3.59. The van der Waals surface area contributed by atoms with E-state index in [1.54, 1.807) is 10.9 Å². The van der Waals surface area contributed by atoms with Crippen LogP contribution in [-0.4, -0.2) is 9.55 Å². The number of hydrogen-bond acceptors (Lipinski definition) is 2. The molecule has 0 N–H and O–H groups in total. The monoisotopic (exact) mass is 267 g/mol. The lowest BCUT2D eigenvalue weighted by Crippen LogP contribution is -2.10. The van der Waals surface area contributed by atoms with E-state index in [2.05, 4.69) is 56.1 Å². The molecule has 2 rings (SSSR count). The number of hydrogen-bond donors (Lipinski definition) is 0. The van der Waals surface area contributed by atoms with Crippen molar-refractivity contribution in [1.29, 1.82) is 5.26 Å². The highest BCUT2D eigenvalue weighted by molar-refractivity contribution is 5.30. The third-order valence-electron chi connectivity index (χ3n) is 3.59. The van der Waals surface area contributed by atoms with Crippen LogP contribution in [0.25, 0.3) is 0 Å². The molecule has 1 heterocycles. The molecule has 0 aliphatic carbocycles. The van der Waals surface area contributed by atoms with Gasteiger partial charge in [-0.2, -0.15) is 5.26 Å². The Morgan fingerprint density at radius 3 is 2.35 bits per heavy atom. The predicted molar refractivity (Wildman–Crippen MR) is 80.5 cm³/mol. The fourth-order valence-electron chi connectivity index (χ4n) is 2.24. The van der Waals surface area contributed by atoms with E-state index in [1.165, 1.54) is 11.1 Å². The molecule has 2 aromatic rings. The van der Waals surface area contributed by atoms with Crippen LogP contribution in [0.2, 0.25) is 0 Å². The number of imidazole rings is 1. The number of nitriles is 1. The number of nitrogens with zero attached hydrogens (tertiary/aromatic N) is 3. The van der Waals surface area contributed by atoms with Gasteiger partial charge in [-0.3, -0.25) is 0 Å². The maximum Gasteiger partial charge on any atom is 0.142 e. The summed E-state index contributed by atoms with van der Waals surface area (Å²) < 4.78 is 1.78. The van der Waals surface area contributed by atoms with Gasteiger partial charge in [-0.1, -0.05) is 45.0 Å². The highest BCUT2D eigenvalue weighted by Gasteiger charge is 2.13. The molecular weight excluding hydrogens is 246 g/mol. The van der Waals surface area contributed by atoms with Crippen LogP contribution >= 0.6 is 0 Å². The van der Waals surface area contributed by atoms with Gasteiger partial charge in [-0.15, -0.1) is 0 Å². The summed E-state index contributed by atoms with van der Waals surface area (Å²) in [5.74, 6) is 0. The zero-order valence-electron chi connectivity index (χ0n) is 12.6. The van der Waals surface area contributed by atoms with Crippen molar-refractivity contribution < 1.29 is 0 Å². The molecule has 0 radical (unpaired) electrons. The summed E-state index contributed by atoms with van der Waals surface area (Å²) in [7, 11) is 1.85. The normalized spacial score (nSPS) is 11.3. The first-order valence-corrected chi connectivity index (χ1v) is 6.91. The van der Waals surface area contributed by atoms with Crippen molar-refractivity contribution in [3.05, 3.63) is 53.1 Å². The predicted octanol–water partition coefficient (Wildman–Crippen LogP) is 3.37. The van der Waals surface area contributed by atoms with Crippen LogP contribution in [0.5, 0.6) is 0 Å². The summed E-state index contributed by atoms with van der Waals surface area (Å²) in [6.45, 7) is 6.65. The molecule has 0 spiro atoms. The van der Waals surface area contributed by atoms with Gasteiger partial charge in [-0.05, 0) is 29.4 Å². The van der Waals surface area contributed by atoms with Gasteiger partial charge in [0.05, 0.1) is 12.0 Å². The van der Waals surface area contributed by atoms with E-state index in [9.17, 15) is 0 Å². The van der Waals surface area contributed by atoms with E-state index in [-0.39, 0.29) is 5.41 Å². The van der Waals surface area contributed by atoms with Crippen LogP contribution in [0.3, 0.4) is 0 Å². The van der Waals surface area contributed by atoms with Crippen molar-refractivity contribution in [2.45, 2.75) is 39.0 Å². The van der Waals surface area contributed by atoms with Gasteiger partial charge < -0.3 is 4.57 Å². The molecule has 3 nitrogen and oxygen atoms in total. The Morgan fingerprint density at radius 1 is 1.15 bits per heavy atom. The first kappa shape index (κ1) is 14.3.